The van der Waals surface area contributed by atoms with E-state index in [1.54, 1.807) is 24.3 Å². The van der Waals surface area contributed by atoms with Crippen LogP contribution in [0.25, 0.3) is 5.69 Å². The molecule has 1 aromatic heterocycles. The third kappa shape index (κ3) is 5.45. The number of nitro benzene ring substituents is 1. The van der Waals surface area contributed by atoms with Gasteiger partial charge in [-0.2, -0.15) is 5.10 Å². The van der Waals surface area contributed by atoms with E-state index in [0.29, 0.717) is 22.7 Å². The SMILES string of the molecule is COC(=O)CC(NC(=O)c1ccn(-c2cccc([N+](=O)[O-])c2)n1)c1ccc(OC)c(OC)c1. The fourth-order valence-electron chi connectivity index (χ4n) is 3.14. The average molecular weight is 454 g/mol. The van der Waals surface area contributed by atoms with Gasteiger partial charge in [-0.25, -0.2) is 4.68 Å². The summed E-state index contributed by atoms with van der Waals surface area (Å²) in [6.45, 7) is 0. The van der Waals surface area contributed by atoms with E-state index in [2.05, 4.69) is 10.4 Å². The number of carbonyl (C=O) groups excluding carboxylic acids is 2. The van der Waals surface area contributed by atoms with E-state index in [-0.39, 0.29) is 17.8 Å². The molecular formula is C22H22N4O7. The van der Waals surface area contributed by atoms with E-state index in [1.807, 2.05) is 0 Å². The Morgan fingerprint density at radius 3 is 2.52 bits per heavy atom. The van der Waals surface area contributed by atoms with Gasteiger partial charge in [0.05, 0.1) is 44.4 Å². The van der Waals surface area contributed by atoms with E-state index in [0.717, 1.165) is 0 Å². The van der Waals surface area contributed by atoms with Gasteiger partial charge in [-0.15, -0.1) is 0 Å². The van der Waals surface area contributed by atoms with Crippen LogP contribution < -0.4 is 14.8 Å². The van der Waals surface area contributed by atoms with E-state index >= 15 is 0 Å². The predicted octanol–water partition coefficient (Wildman–Crippen LogP) is 2.83. The Morgan fingerprint density at radius 2 is 1.85 bits per heavy atom. The van der Waals surface area contributed by atoms with Crippen LogP contribution in [-0.2, 0) is 9.53 Å². The minimum Gasteiger partial charge on any atom is -0.493 e. The van der Waals surface area contributed by atoms with Gasteiger partial charge in [-0.1, -0.05) is 12.1 Å². The summed E-state index contributed by atoms with van der Waals surface area (Å²) in [4.78, 5) is 35.4. The van der Waals surface area contributed by atoms with Gasteiger partial charge in [-0.05, 0) is 29.8 Å². The topological polar surface area (TPSA) is 135 Å². The van der Waals surface area contributed by atoms with Gasteiger partial charge in [0.2, 0.25) is 0 Å². The van der Waals surface area contributed by atoms with Crippen molar-refractivity contribution < 1.29 is 28.7 Å². The Morgan fingerprint density at radius 1 is 1.09 bits per heavy atom. The molecule has 0 aliphatic carbocycles. The summed E-state index contributed by atoms with van der Waals surface area (Å²) in [6.07, 6.45) is 1.39. The maximum atomic E-state index is 12.9. The standard InChI is InChI=1S/C22H22N4O7/c1-31-19-8-7-14(11-20(19)32-2)18(13-21(27)33-3)23-22(28)17-9-10-25(24-17)15-5-4-6-16(12-15)26(29)30/h4-12,18H,13H2,1-3H3,(H,23,28). The summed E-state index contributed by atoms with van der Waals surface area (Å²) in [5.74, 6) is -0.116. The quantitative estimate of drug-likeness (QED) is 0.296. The lowest BCUT2D eigenvalue weighted by Crippen LogP contribution is -2.31. The molecule has 0 saturated heterocycles. The maximum Gasteiger partial charge on any atom is 0.307 e. The molecule has 0 radical (unpaired) electrons. The van der Waals surface area contributed by atoms with Crippen molar-refractivity contribution in [3.63, 3.8) is 0 Å². The fraction of sp³-hybridized carbons (Fsp3) is 0.227. The van der Waals surface area contributed by atoms with E-state index in [1.165, 1.54) is 56.5 Å². The van der Waals surface area contributed by atoms with Crippen molar-refractivity contribution in [1.82, 2.24) is 15.1 Å². The molecule has 3 aromatic rings. The molecule has 0 saturated carbocycles. The van der Waals surface area contributed by atoms with Crippen LogP contribution in [0.5, 0.6) is 11.5 Å². The molecule has 0 spiro atoms. The number of methoxy groups -OCH3 is 3. The van der Waals surface area contributed by atoms with Crippen molar-refractivity contribution in [3.8, 4) is 17.2 Å². The second kappa shape index (κ2) is 10.3. The lowest BCUT2D eigenvalue weighted by molar-refractivity contribution is -0.384. The first-order valence-corrected chi connectivity index (χ1v) is 9.76. The number of nitrogens with zero attached hydrogens (tertiary/aromatic N) is 3. The molecular weight excluding hydrogens is 432 g/mol. The van der Waals surface area contributed by atoms with Gasteiger partial charge in [0, 0.05) is 18.3 Å². The highest BCUT2D eigenvalue weighted by Crippen LogP contribution is 2.31. The lowest BCUT2D eigenvalue weighted by atomic mass is 10.0. The monoisotopic (exact) mass is 454 g/mol. The molecule has 11 nitrogen and oxygen atoms in total. The Bertz CT molecular complexity index is 1180. The van der Waals surface area contributed by atoms with E-state index in [4.69, 9.17) is 14.2 Å². The van der Waals surface area contributed by atoms with Crippen LogP contribution in [0.2, 0.25) is 0 Å². The van der Waals surface area contributed by atoms with Gasteiger partial charge < -0.3 is 19.5 Å². The highest BCUT2D eigenvalue weighted by atomic mass is 16.6. The highest BCUT2D eigenvalue weighted by Gasteiger charge is 2.22. The first-order chi connectivity index (χ1) is 15.9. The summed E-state index contributed by atoms with van der Waals surface area (Å²) in [7, 11) is 4.25. The molecule has 0 aliphatic heterocycles. The van der Waals surface area contributed by atoms with Crippen LogP contribution in [0.15, 0.2) is 54.7 Å². The molecule has 3 rings (SSSR count). The number of ether oxygens (including phenoxy) is 3. The predicted molar refractivity (Wildman–Crippen MR) is 117 cm³/mol. The minimum atomic E-state index is -0.729. The first-order valence-electron chi connectivity index (χ1n) is 9.76. The minimum absolute atomic E-state index is 0.0665. The Kier molecular flexibility index (Phi) is 7.24. The zero-order chi connectivity index (χ0) is 24.0. The van der Waals surface area contributed by atoms with Crippen molar-refractivity contribution in [2.45, 2.75) is 12.5 Å². The number of carbonyl (C=O) groups is 2. The molecule has 1 amide bonds. The van der Waals surface area contributed by atoms with Crippen molar-refractivity contribution in [2.24, 2.45) is 0 Å². The number of hydrogen-bond acceptors (Lipinski definition) is 8. The number of nitrogens with one attached hydrogen (secondary N) is 1. The third-order valence-corrected chi connectivity index (χ3v) is 4.84. The zero-order valence-corrected chi connectivity index (χ0v) is 18.2. The van der Waals surface area contributed by atoms with Crippen molar-refractivity contribution >= 4 is 17.6 Å². The molecule has 11 heteroatoms. The van der Waals surface area contributed by atoms with Crippen molar-refractivity contribution in [1.29, 1.82) is 0 Å². The number of hydrogen-bond donors (Lipinski definition) is 1. The van der Waals surface area contributed by atoms with Gasteiger partial charge in [0.1, 0.15) is 0 Å². The number of rotatable bonds is 9. The lowest BCUT2D eigenvalue weighted by Gasteiger charge is -2.19. The molecule has 0 fully saturated rings. The second-order valence-electron chi connectivity index (χ2n) is 6.84. The first kappa shape index (κ1) is 23.3. The number of benzene rings is 2. The normalized spacial score (nSPS) is 11.4. The molecule has 0 bridgehead atoms. The molecule has 1 atom stereocenters. The van der Waals surface area contributed by atoms with Gasteiger partial charge in [-0.3, -0.25) is 19.7 Å². The van der Waals surface area contributed by atoms with Crippen molar-refractivity contribution in [3.05, 3.63) is 76.1 Å². The van der Waals surface area contributed by atoms with Crippen LogP contribution in [0.3, 0.4) is 0 Å². The van der Waals surface area contributed by atoms with Crippen LogP contribution in [0, 0.1) is 10.1 Å². The highest BCUT2D eigenvalue weighted by molar-refractivity contribution is 5.92. The summed E-state index contributed by atoms with van der Waals surface area (Å²) in [5, 5.41) is 18.0. The van der Waals surface area contributed by atoms with Crippen LogP contribution in [-0.4, -0.2) is 47.9 Å². The molecule has 33 heavy (non-hydrogen) atoms. The molecule has 1 N–H and O–H groups in total. The average Bonchev–Trinajstić information content (AvgIpc) is 3.33. The number of aromatic nitrogens is 2. The number of nitro groups is 1. The Hall–Kier alpha value is -4.41. The van der Waals surface area contributed by atoms with Crippen LogP contribution in [0.1, 0.15) is 28.5 Å². The molecule has 0 aliphatic rings. The summed E-state index contributed by atoms with van der Waals surface area (Å²) >= 11 is 0. The molecule has 2 aromatic carbocycles. The maximum absolute atomic E-state index is 12.9. The van der Waals surface area contributed by atoms with Gasteiger partial charge in [0.25, 0.3) is 11.6 Å². The van der Waals surface area contributed by atoms with Gasteiger partial charge >= 0.3 is 5.97 Å². The summed E-state index contributed by atoms with van der Waals surface area (Å²) in [5.41, 5.74) is 0.996. The van der Waals surface area contributed by atoms with Crippen molar-refractivity contribution in [2.75, 3.05) is 21.3 Å². The largest absolute Gasteiger partial charge is 0.493 e. The third-order valence-electron chi connectivity index (χ3n) is 4.84. The van der Waals surface area contributed by atoms with E-state index in [9.17, 15) is 19.7 Å². The Balaban J connectivity index is 1.85. The van der Waals surface area contributed by atoms with Crippen LogP contribution in [0.4, 0.5) is 5.69 Å². The molecule has 1 heterocycles. The number of esters is 1. The molecule has 172 valence electrons. The number of non-ortho nitro benzene ring substituents is 1. The Labute approximate surface area is 189 Å². The van der Waals surface area contributed by atoms with E-state index < -0.39 is 22.8 Å². The van der Waals surface area contributed by atoms with Gasteiger partial charge in [0.15, 0.2) is 17.2 Å². The number of amides is 1. The second-order valence-corrected chi connectivity index (χ2v) is 6.84. The summed E-state index contributed by atoms with van der Waals surface area (Å²) in [6, 6.07) is 11.6. The summed E-state index contributed by atoms with van der Waals surface area (Å²) < 4.78 is 16.7. The fourth-order valence-corrected chi connectivity index (χ4v) is 3.14. The smallest absolute Gasteiger partial charge is 0.307 e. The molecule has 1 unspecified atom stereocenters. The van der Waals surface area contributed by atoms with Crippen LogP contribution >= 0.6 is 0 Å². The zero-order valence-electron chi connectivity index (χ0n) is 18.2.